The van der Waals surface area contributed by atoms with Crippen molar-refractivity contribution < 1.29 is 19.2 Å². The van der Waals surface area contributed by atoms with Crippen LogP contribution in [0.4, 0.5) is 0 Å². The second-order valence-corrected chi connectivity index (χ2v) is 7.20. The fourth-order valence-electron chi connectivity index (χ4n) is 3.20. The Morgan fingerprint density at radius 3 is 2.55 bits per heavy atom. The first-order valence-electron chi connectivity index (χ1n) is 10.1. The van der Waals surface area contributed by atoms with E-state index in [2.05, 4.69) is 6.08 Å². The summed E-state index contributed by atoms with van der Waals surface area (Å²) >= 11 is 0. The van der Waals surface area contributed by atoms with E-state index < -0.39 is 5.91 Å². The molecule has 0 aromatic carbocycles. The van der Waals surface area contributed by atoms with Gasteiger partial charge in [0, 0.05) is 17.7 Å². The third-order valence-electron chi connectivity index (χ3n) is 4.65. The summed E-state index contributed by atoms with van der Waals surface area (Å²) < 4.78 is 0. The number of ketones is 3. The lowest BCUT2D eigenvalue weighted by Gasteiger charge is -2.24. The van der Waals surface area contributed by atoms with Gasteiger partial charge in [-0.15, -0.1) is 0 Å². The minimum atomic E-state index is -0.500. The Hall–Kier alpha value is -2.82. The number of allylic oxidation sites excluding steroid dienone is 8. The molecule has 0 fully saturated rings. The molecule has 0 aromatic heterocycles. The number of Topliss-reactive ketones (excluding diaryl/α,β-unsaturated/α-hetero) is 2. The number of rotatable bonds is 2. The molecule has 5 nitrogen and oxygen atoms in total. The van der Waals surface area contributed by atoms with E-state index in [1.54, 1.807) is 12.2 Å². The molecule has 2 bridgehead atoms. The second kappa shape index (κ2) is 11.9. The van der Waals surface area contributed by atoms with Gasteiger partial charge in [0.1, 0.15) is 5.78 Å². The first kappa shape index (κ1) is 22.5. The smallest absolute Gasteiger partial charge is 0.251 e. The van der Waals surface area contributed by atoms with Crippen LogP contribution in [0.15, 0.2) is 59.9 Å². The zero-order chi connectivity index (χ0) is 21.1. The van der Waals surface area contributed by atoms with Crippen LogP contribution in [-0.4, -0.2) is 34.7 Å². The van der Waals surface area contributed by atoms with Crippen LogP contribution in [0.5, 0.6) is 0 Å². The molecule has 0 saturated heterocycles. The summed E-state index contributed by atoms with van der Waals surface area (Å²) in [7, 11) is 0. The molecule has 1 aliphatic carbocycles. The number of fused-ring (bicyclic) bond motifs is 2. The summed E-state index contributed by atoms with van der Waals surface area (Å²) in [6.07, 6.45) is 21.4. The molecule has 0 saturated carbocycles. The normalized spacial score (nSPS) is 23.2. The number of nitrogens with zero attached hydrogens (tertiary/aromatic N) is 1. The summed E-state index contributed by atoms with van der Waals surface area (Å²) in [5.41, 5.74) is 0.391. The summed E-state index contributed by atoms with van der Waals surface area (Å²) in [5, 5.41) is 0. The third-order valence-corrected chi connectivity index (χ3v) is 4.65. The highest BCUT2D eigenvalue weighted by atomic mass is 16.2. The Kier molecular flexibility index (Phi) is 9.22. The molecule has 5 heteroatoms. The lowest BCUT2D eigenvalue weighted by Crippen LogP contribution is -2.38. The fraction of sp³-hybridized carbons (Fsp3) is 0.375. The number of hydrogen-bond donors (Lipinski definition) is 0. The molecular weight excluding hydrogens is 366 g/mol. The van der Waals surface area contributed by atoms with Gasteiger partial charge in [0.25, 0.3) is 5.91 Å². The SMILES string of the molecule is CC(=O)CN1C(=O)/C=C\C=C/C[CH]/C=C\CCCCCCC2=CC(=O)C=C1C2=O. The number of hydrogen-bond acceptors (Lipinski definition) is 4. The molecule has 29 heavy (non-hydrogen) atoms. The van der Waals surface area contributed by atoms with Crippen molar-refractivity contribution in [2.45, 2.75) is 51.9 Å². The van der Waals surface area contributed by atoms with Gasteiger partial charge < -0.3 is 0 Å². The first-order valence-corrected chi connectivity index (χ1v) is 10.1. The van der Waals surface area contributed by atoms with Crippen molar-refractivity contribution >= 4 is 23.3 Å². The van der Waals surface area contributed by atoms with Gasteiger partial charge in [-0.25, -0.2) is 0 Å². The molecule has 0 unspecified atom stereocenters. The average molecular weight is 394 g/mol. The Bertz CT molecular complexity index is 796. The van der Waals surface area contributed by atoms with Crippen LogP contribution in [0.2, 0.25) is 0 Å². The van der Waals surface area contributed by atoms with Gasteiger partial charge in [-0.3, -0.25) is 24.1 Å². The van der Waals surface area contributed by atoms with E-state index in [0.29, 0.717) is 12.0 Å². The van der Waals surface area contributed by atoms with Crippen molar-refractivity contribution in [1.82, 2.24) is 4.90 Å². The first-order chi connectivity index (χ1) is 14.0. The highest BCUT2D eigenvalue weighted by Gasteiger charge is 2.29. The molecule has 2 rings (SSSR count). The fourth-order valence-corrected chi connectivity index (χ4v) is 3.20. The van der Waals surface area contributed by atoms with E-state index >= 15 is 0 Å². The molecule has 0 spiro atoms. The molecule has 0 N–H and O–H groups in total. The van der Waals surface area contributed by atoms with Gasteiger partial charge in [0.15, 0.2) is 5.78 Å². The highest BCUT2D eigenvalue weighted by molar-refractivity contribution is 6.21. The van der Waals surface area contributed by atoms with Gasteiger partial charge in [0.2, 0.25) is 5.78 Å². The molecule has 2 aliphatic rings. The van der Waals surface area contributed by atoms with Crippen molar-refractivity contribution in [2.75, 3.05) is 6.54 Å². The summed E-state index contributed by atoms with van der Waals surface area (Å²) in [6.45, 7) is 1.10. The van der Waals surface area contributed by atoms with Gasteiger partial charge in [0.05, 0.1) is 12.2 Å². The van der Waals surface area contributed by atoms with Crippen LogP contribution < -0.4 is 0 Å². The maximum atomic E-state index is 12.9. The molecule has 1 radical (unpaired) electrons. The van der Waals surface area contributed by atoms with Gasteiger partial charge >= 0.3 is 0 Å². The zero-order valence-electron chi connectivity index (χ0n) is 16.9. The second-order valence-electron chi connectivity index (χ2n) is 7.20. The van der Waals surface area contributed by atoms with Gasteiger partial charge in [-0.05, 0) is 51.5 Å². The van der Waals surface area contributed by atoms with Crippen LogP contribution in [-0.2, 0) is 19.2 Å². The minimum absolute atomic E-state index is 0.0169. The largest absolute Gasteiger partial charge is 0.298 e. The monoisotopic (exact) mass is 394 g/mol. The van der Waals surface area contributed by atoms with Crippen molar-refractivity contribution in [3.8, 4) is 0 Å². The standard InChI is InChI=1S/C24H28NO4/c1-19(26)18-25-22-17-21(27)16-20(24(22)29)14-12-10-8-6-4-2-3-5-7-9-11-13-15-23(25)28/h2-3,5,9,11,13,15-17H,4,6-8,10,12,14,18H2,1H3/b3-2-,11-9-,15-13-. The molecule has 1 amide bonds. The quantitative estimate of drug-likeness (QED) is 0.664. The Balaban J connectivity index is 2.26. The Morgan fingerprint density at radius 1 is 0.966 bits per heavy atom. The molecular formula is C24H28NO4. The van der Waals surface area contributed by atoms with Crippen LogP contribution >= 0.6 is 0 Å². The highest BCUT2D eigenvalue weighted by Crippen LogP contribution is 2.22. The van der Waals surface area contributed by atoms with Crippen molar-refractivity contribution in [1.29, 1.82) is 0 Å². The lowest BCUT2D eigenvalue weighted by atomic mass is 9.94. The van der Waals surface area contributed by atoms with E-state index in [-0.39, 0.29) is 29.6 Å². The Morgan fingerprint density at radius 2 is 1.76 bits per heavy atom. The maximum Gasteiger partial charge on any atom is 0.251 e. The van der Waals surface area contributed by atoms with Crippen molar-refractivity contribution in [3.63, 3.8) is 0 Å². The van der Waals surface area contributed by atoms with E-state index in [9.17, 15) is 19.2 Å². The molecule has 153 valence electrons. The summed E-state index contributed by atoms with van der Waals surface area (Å²) in [5.74, 6) is -1.44. The van der Waals surface area contributed by atoms with E-state index in [4.69, 9.17) is 0 Å². The Labute approximate surface area is 172 Å². The van der Waals surface area contributed by atoms with Crippen molar-refractivity contribution in [2.24, 2.45) is 0 Å². The molecule has 0 atom stereocenters. The number of carbonyl (C=O) groups is 4. The summed E-state index contributed by atoms with van der Waals surface area (Å²) in [6, 6.07) is 0. The van der Waals surface area contributed by atoms with Gasteiger partial charge in [-0.1, -0.05) is 43.2 Å². The van der Waals surface area contributed by atoms with Gasteiger partial charge in [-0.2, -0.15) is 0 Å². The van der Waals surface area contributed by atoms with Crippen molar-refractivity contribution in [3.05, 3.63) is 66.3 Å². The van der Waals surface area contributed by atoms with E-state index in [1.165, 1.54) is 19.1 Å². The average Bonchev–Trinajstić information content (AvgIpc) is 2.67. The lowest BCUT2D eigenvalue weighted by molar-refractivity contribution is -0.131. The summed E-state index contributed by atoms with van der Waals surface area (Å²) in [4.78, 5) is 50.5. The predicted molar refractivity (Wildman–Crippen MR) is 113 cm³/mol. The van der Waals surface area contributed by atoms with Crippen LogP contribution in [0.1, 0.15) is 51.9 Å². The molecule has 1 heterocycles. The van der Waals surface area contributed by atoms with E-state index in [1.807, 2.05) is 18.6 Å². The topological polar surface area (TPSA) is 71.5 Å². The zero-order valence-corrected chi connectivity index (χ0v) is 16.9. The van der Waals surface area contributed by atoms with E-state index in [0.717, 1.165) is 49.5 Å². The third kappa shape index (κ3) is 7.60. The van der Waals surface area contributed by atoms with Crippen LogP contribution in [0.25, 0.3) is 0 Å². The number of amides is 1. The van der Waals surface area contributed by atoms with Crippen LogP contribution in [0.3, 0.4) is 0 Å². The maximum absolute atomic E-state index is 12.9. The number of carbonyl (C=O) groups excluding carboxylic acids is 4. The molecule has 1 aliphatic heterocycles. The molecule has 0 aromatic rings. The minimum Gasteiger partial charge on any atom is -0.298 e. The predicted octanol–water partition coefficient (Wildman–Crippen LogP) is 3.98. The van der Waals surface area contributed by atoms with Crippen LogP contribution in [0, 0.1) is 6.42 Å².